The number of nitrogens with one attached hydrogen (secondary N) is 1. The smallest absolute Gasteiger partial charge is 0.255 e. The maximum Gasteiger partial charge on any atom is 0.255 e. The molecule has 1 heterocycles. The summed E-state index contributed by atoms with van der Waals surface area (Å²) in [5.41, 5.74) is 3.57. The van der Waals surface area contributed by atoms with E-state index in [2.05, 4.69) is 5.32 Å². The summed E-state index contributed by atoms with van der Waals surface area (Å²) in [7, 11) is 0. The van der Waals surface area contributed by atoms with E-state index in [4.69, 9.17) is 4.74 Å². The van der Waals surface area contributed by atoms with Gasteiger partial charge in [0, 0.05) is 17.8 Å². The summed E-state index contributed by atoms with van der Waals surface area (Å²) in [6.07, 6.45) is 0.834. The van der Waals surface area contributed by atoms with E-state index in [1.807, 2.05) is 71.0 Å². The number of carbonyl (C=O) groups excluding carboxylic acids is 2. The highest BCUT2D eigenvalue weighted by atomic mass is 16.5. The van der Waals surface area contributed by atoms with Crippen molar-refractivity contribution in [3.05, 3.63) is 53.1 Å². The predicted octanol–water partition coefficient (Wildman–Crippen LogP) is 4.72. The number of rotatable bonds is 4. The molecule has 0 fully saturated rings. The van der Waals surface area contributed by atoms with Crippen LogP contribution in [-0.4, -0.2) is 25.0 Å². The summed E-state index contributed by atoms with van der Waals surface area (Å²) in [4.78, 5) is 27.4. The van der Waals surface area contributed by atoms with Crippen LogP contribution in [-0.2, 0) is 4.79 Å². The van der Waals surface area contributed by atoms with Crippen molar-refractivity contribution >= 4 is 23.2 Å². The van der Waals surface area contributed by atoms with Gasteiger partial charge in [-0.15, -0.1) is 0 Å². The van der Waals surface area contributed by atoms with Gasteiger partial charge in [-0.2, -0.15) is 0 Å². The normalized spacial score (nSPS) is 15.5. The fourth-order valence-corrected chi connectivity index (χ4v) is 3.25. The molecule has 0 saturated carbocycles. The van der Waals surface area contributed by atoms with Gasteiger partial charge in [0.15, 0.2) is 0 Å². The topological polar surface area (TPSA) is 58.6 Å². The molecule has 0 unspecified atom stereocenters. The first-order chi connectivity index (χ1) is 13.2. The Hall–Kier alpha value is -2.82. The van der Waals surface area contributed by atoms with Gasteiger partial charge in [0.1, 0.15) is 12.4 Å². The maximum atomic E-state index is 13.0. The Morgan fingerprint density at radius 2 is 1.89 bits per heavy atom. The van der Waals surface area contributed by atoms with E-state index in [1.54, 1.807) is 4.90 Å². The second kappa shape index (κ2) is 7.66. The first kappa shape index (κ1) is 19.9. The molecule has 0 aliphatic carbocycles. The fraction of sp³-hybridized carbons (Fsp3) is 0.391. The van der Waals surface area contributed by atoms with Crippen LogP contribution < -0.4 is 15.0 Å². The van der Waals surface area contributed by atoms with Crippen molar-refractivity contribution in [3.8, 4) is 5.75 Å². The average Bonchev–Trinajstić information content (AvgIpc) is 2.74. The summed E-state index contributed by atoms with van der Waals surface area (Å²) in [5.74, 6) is 0.522. The minimum absolute atomic E-state index is 0.0331. The minimum atomic E-state index is -0.600. The molecule has 0 spiro atoms. The summed E-state index contributed by atoms with van der Waals surface area (Å²) < 4.78 is 5.91. The van der Waals surface area contributed by atoms with Crippen LogP contribution in [0.5, 0.6) is 5.75 Å². The first-order valence-corrected chi connectivity index (χ1v) is 9.70. The number of nitrogens with zero attached hydrogens (tertiary/aromatic N) is 1. The molecule has 28 heavy (non-hydrogen) atoms. The van der Waals surface area contributed by atoms with Crippen molar-refractivity contribution in [2.45, 2.75) is 41.0 Å². The van der Waals surface area contributed by atoms with Gasteiger partial charge in [-0.1, -0.05) is 13.0 Å². The number of aryl methyl sites for hydroxylation is 2. The number of amides is 2. The summed E-state index contributed by atoms with van der Waals surface area (Å²) in [5, 5.41) is 2.94. The summed E-state index contributed by atoms with van der Waals surface area (Å²) >= 11 is 0. The van der Waals surface area contributed by atoms with Gasteiger partial charge in [-0.05, 0) is 75.6 Å². The molecule has 3 rings (SSSR count). The Morgan fingerprint density at radius 3 is 2.57 bits per heavy atom. The van der Waals surface area contributed by atoms with Crippen LogP contribution >= 0.6 is 0 Å². The first-order valence-electron chi connectivity index (χ1n) is 9.70. The van der Waals surface area contributed by atoms with Gasteiger partial charge in [0.2, 0.25) is 5.91 Å². The third kappa shape index (κ3) is 3.88. The zero-order valence-electron chi connectivity index (χ0n) is 17.3. The number of fused-ring (bicyclic) bond motifs is 1. The monoisotopic (exact) mass is 380 g/mol. The predicted molar refractivity (Wildman–Crippen MR) is 112 cm³/mol. The van der Waals surface area contributed by atoms with Crippen molar-refractivity contribution in [2.75, 3.05) is 23.4 Å². The second-order valence-electron chi connectivity index (χ2n) is 8.07. The number of ether oxygens (including phenoxy) is 1. The molecule has 148 valence electrons. The zero-order valence-corrected chi connectivity index (χ0v) is 17.3. The molecule has 2 amide bonds. The Labute approximate surface area is 166 Å². The Morgan fingerprint density at radius 1 is 1.14 bits per heavy atom. The van der Waals surface area contributed by atoms with Crippen LogP contribution in [0.1, 0.15) is 48.7 Å². The van der Waals surface area contributed by atoms with Crippen LogP contribution in [0.3, 0.4) is 0 Å². The van der Waals surface area contributed by atoms with Gasteiger partial charge in [-0.25, -0.2) is 0 Å². The van der Waals surface area contributed by atoms with Crippen LogP contribution in [0.25, 0.3) is 0 Å². The lowest BCUT2D eigenvalue weighted by molar-refractivity contribution is -0.127. The van der Waals surface area contributed by atoms with Gasteiger partial charge in [-0.3, -0.25) is 9.59 Å². The van der Waals surface area contributed by atoms with Crippen molar-refractivity contribution in [1.82, 2.24) is 0 Å². The van der Waals surface area contributed by atoms with Gasteiger partial charge >= 0.3 is 0 Å². The summed E-state index contributed by atoms with van der Waals surface area (Å²) in [6.45, 7) is 10.8. The highest BCUT2D eigenvalue weighted by Gasteiger charge is 2.37. The molecule has 5 nitrogen and oxygen atoms in total. The molecular formula is C23H28N2O3. The van der Waals surface area contributed by atoms with E-state index in [0.717, 1.165) is 17.5 Å². The SMILES string of the molecule is CCCN1C(=O)C(C)(C)COc2ccc(NC(=O)c3ccc(C)c(C)c3)cc21. The van der Waals surface area contributed by atoms with E-state index >= 15 is 0 Å². The molecule has 2 aromatic rings. The third-order valence-corrected chi connectivity index (χ3v) is 5.14. The van der Waals surface area contributed by atoms with Gasteiger partial charge < -0.3 is 15.0 Å². The standard InChI is InChI=1S/C23H28N2O3/c1-6-11-25-19-13-18(9-10-20(19)28-14-23(4,5)22(25)27)24-21(26)17-8-7-15(2)16(3)12-17/h7-10,12-13H,6,11,14H2,1-5H3,(H,24,26). The van der Waals surface area contributed by atoms with E-state index in [9.17, 15) is 9.59 Å². The zero-order chi connectivity index (χ0) is 20.5. The minimum Gasteiger partial charge on any atom is -0.490 e. The lowest BCUT2D eigenvalue weighted by Gasteiger charge is -2.27. The molecule has 2 aromatic carbocycles. The van der Waals surface area contributed by atoms with Gasteiger partial charge in [0.05, 0.1) is 11.1 Å². The lowest BCUT2D eigenvalue weighted by atomic mass is 9.93. The number of hydrogen-bond acceptors (Lipinski definition) is 3. The van der Waals surface area contributed by atoms with Gasteiger partial charge in [0.25, 0.3) is 5.91 Å². The molecule has 0 aromatic heterocycles. The Balaban J connectivity index is 1.91. The molecule has 0 bridgehead atoms. The van der Waals surface area contributed by atoms with Crippen molar-refractivity contribution < 1.29 is 14.3 Å². The van der Waals surface area contributed by atoms with Crippen LogP contribution in [0, 0.1) is 19.3 Å². The van der Waals surface area contributed by atoms with E-state index in [-0.39, 0.29) is 11.8 Å². The molecular weight excluding hydrogens is 352 g/mol. The largest absolute Gasteiger partial charge is 0.490 e. The van der Waals surface area contributed by atoms with Crippen molar-refractivity contribution in [3.63, 3.8) is 0 Å². The van der Waals surface area contributed by atoms with E-state index < -0.39 is 5.41 Å². The average molecular weight is 380 g/mol. The second-order valence-corrected chi connectivity index (χ2v) is 8.07. The van der Waals surface area contributed by atoms with E-state index in [0.29, 0.717) is 35.8 Å². The fourth-order valence-electron chi connectivity index (χ4n) is 3.25. The van der Waals surface area contributed by atoms with E-state index in [1.165, 1.54) is 0 Å². The molecule has 0 saturated heterocycles. The number of benzene rings is 2. The molecule has 0 radical (unpaired) electrons. The Bertz CT molecular complexity index is 918. The lowest BCUT2D eigenvalue weighted by Crippen LogP contribution is -2.42. The Kier molecular flexibility index (Phi) is 5.45. The molecule has 1 N–H and O–H groups in total. The quantitative estimate of drug-likeness (QED) is 0.835. The third-order valence-electron chi connectivity index (χ3n) is 5.14. The molecule has 1 aliphatic rings. The number of anilines is 2. The maximum absolute atomic E-state index is 13.0. The number of carbonyl (C=O) groups is 2. The highest BCUT2D eigenvalue weighted by Crippen LogP contribution is 2.38. The van der Waals surface area contributed by atoms with Crippen molar-refractivity contribution in [1.29, 1.82) is 0 Å². The molecule has 5 heteroatoms. The van der Waals surface area contributed by atoms with Crippen LogP contribution in [0.4, 0.5) is 11.4 Å². The molecule has 0 atom stereocenters. The van der Waals surface area contributed by atoms with Crippen LogP contribution in [0.2, 0.25) is 0 Å². The molecule has 1 aliphatic heterocycles. The van der Waals surface area contributed by atoms with Crippen molar-refractivity contribution in [2.24, 2.45) is 5.41 Å². The highest BCUT2D eigenvalue weighted by molar-refractivity contribution is 6.05. The van der Waals surface area contributed by atoms with Crippen LogP contribution in [0.15, 0.2) is 36.4 Å². The summed E-state index contributed by atoms with van der Waals surface area (Å²) in [6, 6.07) is 11.1. The number of hydrogen-bond donors (Lipinski definition) is 1.